The van der Waals surface area contributed by atoms with E-state index in [0.29, 0.717) is 22.6 Å². The Balaban J connectivity index is 1.76. The number of aromatic nitrogens is 4. The van der Waals surface area contributed by atoms with Crippen molar-refractivity contribution < 1.29 is 14.1 Å². The van der Waals surface area contributed by atoms with Gasteiger partial charge in [0.05, 0.1) is 18.4 Å². The van der Waals surface area contributed by atoms with Gasteiger partial charge in [0.1, 0.15) is 28.9 Å². The molecule has 0 fully saturated rings. The van der Waals surface area contributed by atoms with E-state index in [9.17, 15) is 9.59 Å². The van der Waals surface area contributed by atoms with Gasteiger partial charge in [0.15, 0.2) is 5.52 Å². The van der Waals surface area contributed by atoms with E-state index in [1.165, 1.54) is 17.9 Å². The maximum absolute atomic E-state index is 13.0. The summed E-state index contributed by atoms with van der Waals surface area (Å²) >= 11 is 0. The number of esters is 1. The Morgan fingerprint density at radius 3 is 2.77 bits per heavy atom. The zero-order valence-electron chi connectivity index (χ0n) is 16.4. The Bertz CT molecular complexity index is 1380. The van der Waals surface area contributed by atoms with E-state index < -0.39 is 5.97 Å². The van der Waals surface area contributed by atoms with Gasteiger partial charge in [0.25, 0.3) is 11.3 Å². The highest BCUT2D eigenvalue weighted by Crippen LogP contribution is 2.28. The molecule has 4 heterocycles. The highest BCUT2D eigenvalue weighted by atomic mass is 16.5. The Kier molecular flexibility index (Phi) is 5.03. The Hall–Kier alpha value is -4.72. The molecule has 0 radical (unpaired) electrons. The van der Waals surface area contributed by atoms with Gasteiger partial charge in [-0.1, -0.05) is 5.16 Å². The van der Waals surface area contributed by atoms with Gasteiger partial charge < -0.3 is 19.9 Å². The van der Waals surface area contributed by atoms with Crippen molar-refractivity contribution in [2.45, 2.75) is 0 Å². The predicted molar refractivity (Wildman–Crippen MR) is 111 cm³/mol. The fraction of sp³-hybridized carbons (Fsp3) is 0.100. The molecular weight excluding hydrogens is 402 g/mol. The van der Waals surface area contributed by atoms with Crippen LogP contribution in [0, 0.1) is 11.3 Å². The summed E-state index contributed by atoms with van der Waals surface area (Å²) in [5.74, 6) is -0.222. The minimum absolute atomic E-state index is 0.148. The molecule has 0 aliphatic rings. The van der Waals surface area contributed by atoms with Crippen molar-refractivity contribution in [2.75, 3.05) is 24.8 Å². The second-order valence-corrected chi connectivity index (χ2v) is 6.24. The Morgan fingerprint density at radius 1 is 1.26 bits per heavy atom. The summed E-state index contributed by atoms with van der Waals surface area (Å²) in [4.78, 5) is 33.4. The third-order valence-corrected chi connectivity index (χ3v) is 4.41. The molecule has 11 nitrogen and oxygen atoms in total. The van der Waals surface area contributed by atoms with Crippen LogP contribution in [0.1, 0.15) is 16.1 Å². The van der Waals surface area contributed by atoms with E-state index >= 15 is 0 Å². The summed E-state index contributed by atoms with van der Waals surface area (Å²) in [6.45, 7) is 0. The van der Waals surface area contributed by atoms with Crippen LogP contribution in [0.5, 0.6) is 0 Å². The van der Waals surface area contributed by atoms with Crippen LogP contribution < -0.4 is 16.2 Å². The predicted octanol–water partition coefficient (Wildman–Crippen LogP) is 2.21. The zero-order chi connectivity index (χ0) is 22.0. The maximum Gasteiger partial charge on any atom is 0.379 e. The fourth-order valence-electron chi connectivity index (χ4n) is 2.91. The lowest BCUT2D eigenvalue weighted by atomic mass is 10.2. The number of pyridine rings is 3. The maximum atomic E-state index is 13.0. The van der Waals surface area contributed by atoms with Crippen LogP contribution in [0.2, 0.25) is 0 Å². The van der Waals surface area contributed by atoms with E-state index in [4.69, 9.17) is 14.5 Å². The van der Waals surface area contributed by atoms with Gasteiger partial charge in [0, 0.05) is 25.5 Å². The third kappa shape index (κ3) is 3.53. The summed E-state index contributed by atoms with van der Waals surface area (Å²) in [6.07, 6.45) is 2.95. The first-order valence-electron chi connectivity index (χ1n) is 8.97. The molecule has 0 bridgehead atoms. The molecule has 11 heteroatoms. The molecule has 0 amide bonds. The number of fused-ring (bicyclic) bond motifs is 1. The van der Waals surface area contributed by atoms with Crippen molar-refractivity contribution in [3.63, 3.8) is 0 Å². The summed E-state index contributed by atoms with van der Waals surface area (Å²) in [7, 11) is 2.90. The van der Waals surface area contributed by atoms with Crippen LogP contribution in [0.25, 0.3) is 16.9 Å². The average molecular weight is 417 g/mol. The number of anilines is 3. The van der Waals surface area contributed by atoms with Gasteiger partial charge in [-0.25, -0.2) is 14.8 Å². The molecule has 0 aliphatic heterocycles. The van der Waals surface area contributed by atoms with Crippen LogP contribution in [0.4, 0.5) is 17.2 Å². The molecule has 4 aromatic rings. The van der Waals surface area contributed by atoms with Gasteiger partial charge in [-0.15, -0.1) is 0 Å². The van der Waals surface area contributed by atoms with Crippen molar-refractivity contribution >= 4 is 34.2 Å². The quantitative estimate of drug-likeness (QED) is 0.463. The van der Waals surface area contributed by atoms with Crippen molar-refractivity contribution in [2.24, 2.45) is 0 Å². The lowest BCUT2D eigenvalue weighted by molar-refractivity contribution is 0.0557. The number of nitrogens with one attached hydrogen (secondary N) is 2. The molecule has 0 aromatic carbocycles. The highest BCUT2D eigenvalue weighted by molar-refractivity contribution is 6.03. The lowest BCUT2D eigenvalue weighted by Crippen LogP contribution is -2.21. The normalized spacial score (nSPS) is 10.5. The summed E-state index contributed by atoms with van der Waals surface area (Å²) in [6, 6.07) is 10.0. The van der Waals surface area contributed by atoms with E-state index in [0.717, 1.165) is 0 Å². The Morgan fingerprint density at radius 2 is 2.10 bits per heavy atom. The SMILES string of the molecule is CNc1cc(Nc2cccn(-c3ccc(C#N)cn3)c2=O)nc2c(C(=O)OC)onc12. The average Bonchev–Trinajstić information content (AvgIpc) is 3.23. The zero-order valence-corrected chi connectivity index (χ0v) is 16.4. The Labute approximate surface area is 174 Å². The molecule has 0 spiro atoms. The van der Waals surface area contributed by atoms with E-state index in [1.807, 2.05) is 6.07 Å². The van der Waals surface area contributed by atoms with Crippen LogP contribution in [0.15, 0.2) is 52.0 Å². The summed E-state index contributed by atoms with van der Waals surface area (Å²) in [5.41, 5.74) is 1.30. The van der Waals surface area contributed by atoms with Gasteiger partial charge in [-0.3, -0.25) is 9.36 Å². The minimum Gasteiger partial charge on any atom is -0.463 e. The van der Waals surface area contributed by atoms with Crippen molar-refractivity contribution in [1.82, 2.24) is 19.7 Å². The number of nitriles is 1. The molecule has 31 heavy (non-hydrogen) atoms. The topological polar surface area (TPSA) is 148 Å². The first-order chi connectivity index (χ1) is 15.0. The fourth-order valence-corrected chi connectivity index (χ4v) is 2.91. The highest BCUT2D eigenvalue weighted by Gasteiger charge is 2.22. The number of hydrogen-bond acceptors (Lipinski definition) is 10. The van der Waals surface area contributed by atoms with Crippen LogP contribution >= 0.6 is 0 Å². The molecule has 0 saturated carbocycles. The molecule has 2 N–H and O–H groups in total. The number of hydrogen-bond donors (Lipinski definition) is 2. The molecule has 0 unspecified atom stereocenters. The van der Waals surface area contributed by atoms with Gasteiger partial charge in [0.2, 0.25) is 0 Å². The van der Waals surface area contributed by atoms with Crippen LogP contribution in [-0.2, 0) is 4.74 Å². The van der Waals surface area contributed by atoms with E-state index in [1.54, 1.807) is 43.6 Å². The van der Waals surface area contributed by atoms with Crippen molar-refractivity contribution in [3.05, 3.63) is 64.4 Å². The smallest absolute Gasteiger partial charge is 0.379 e. The minimum atomic E-state index is -0.719. The first kappa shape index (κ1) is 19.6. The molecule has 154 valence electrons. The molecule has 0 atom stereocenters. The number of carbonyl (C=O) groups is 1. The van der Waals surface area contributed by atoms with Gasteiger partial charge in [-0.05, 0) is 24.3 Å². The number of rotatable bonds is 5. The molecule has 0 aliphatic carbocycles. The standard InChI is InChI=1S/C20H15N7O4/c1-22-13-8-14(25-17-16(13)26-31-18(17)20(29)30-2)24-12-4-3-7-27(19(12)28)15-6-5-11(9-21)10-23-15/h3-8,10,22H,1-2H3,(H,24,25). The number of ether oxygens (including phenoxy) is 1. The molecule has 4 rings (SSSR count). The van der Waals surface area contributed by atoms with E-state index in [2.05, 4.69) is 25.8 Å². The monoisotopic (exact) mass is 417 g/mol. The molecule has 4 aromatic heterocycles. The van der Waals surface area contributed by atoms with Gasteiger partial charge >= 0.3 is 5.97 Å². The lowest BCUT2D eigenvalue weighted by Gasteiger charge is -2.10. The number of nitrogens with zero attached hydrogens (tertiary/aromatic N) is 5. The summed E-state index contributed by atoms with van der Waals surface area (Å²) in [5, 5.41) is 18.7. The second kappa shape index (κ2) is 7.96. The van der Waals surface area contributed by atoms with Crippen LogP contribution in [-0.4, -0.2) is 39.8 Å². The summed E-state index contributed by atoms with van der Waals surface area (Å²) < 4.78 is 11.1. The molecule has 0 saturated heterocycles. The van der Waals surface area contributed by atoms with Crippen LogP contribution in [0.3, 0.4) is 0 Å². The van der Waals surface area contributed by atoms with Crippen molar-refractivity contribution in [1.29, 1.82) is 5.26 Å². The largest absolute Gasteiger partial charge is 0.463 e. The second-order valence-electron chi connectivity index (χ2n) is 6.24. The van der Waals surface area contributed by atoms with E-state index in [-0.39, 0.29) is 28.3 Å². The third-order valence-electron chi connectivity index (χ3n) is 4.41. The first-order valence-corrected chi connectivity index (χ1v) is 8.97. The van der Waals surface area contributed by atoms with Gasteiger partial charge in [-0.2, -0.15) is 5.26 Å². The van der Waals surface area contributed by atoms with Crippen molar-refractivity contribution in [3.8, 4) is 11.9 Å². The number of methoxy groups -OCH3 is 1. The number of carbonyl (C=O) groups excluding carboxylic acids is 1. The molecular formula is C20H15N7O4.